The van der Waals surface area contributed by atoms with Crippen LogP contribution in [0.2, 0.25) is 0 Å². The Morgan fingerprint density at radius 2 is 1.29 bits per heavy atom. The topological polar surface area (TPSA) is 129 Å². The molecule has 6 aromatic rings. The van der Waals surface area contributed by atoms with E-state index in [1.54, 1.807) is 49.1 Å². The van der Waals surface area contributed by atoms with E-state index in [4.69, 9.17) is 14.5 Å². The van der Waals surface area contributed by atoms with Crippen molar-refractivity contribution in [3.8, 4) is 51.0 Å². The quantitative estimate of drug-likeness (QED) is 0.103. The fraction of sp³-hybridized carbons (Fsp3) is 0.154. The van der Waals surface area contributed by atoms with Crippen molar-refractivity contribution >= 4 is 11.9 Å². The van der Waals surface area contributed by atoms with Gasteiger partial charge in [-0.15, -0.1) is 0 Å². The Bertz CT molecular complexity index is 1950. The summed E-state index contributed by atoms with van der Waals surface area (Å²) < 4.78 is 11.4. The highest BCUT2D eigenvalue weighted by molar-refractivity contribution is 5.96. The summed E-state index contributed by atoms with van der Waals surface area (Å²) >= 11 is 0. The number of aromatic nitrogens is 5. The van der Waals surface area contributed by atoms with Crippen LogP contribution in [0.4, 0.5) is 0 Å². The third-order valence-corrected chi connectivity index (χ3v) is 7.72. The van der Waals surface area contributed by atoms with Gasteiger partial charge in [0.1, 0.15) is 11.3 Å². The maximum absolute atomic E-state index is 12.9. The van der Waals surface area contributed by atoms with Crippen molar-refractivity contribution in [2.24, 2.45) is 0 Å². The lowest BCUT2D eigenvalue weighted by Crippen LogP contribution is -2.24. The number of rotatable bonds is 13. The maximum atomic E-state index is 12.9. The number of pyridine rings is 5. The Morgan fingerprint density at radius 1 is 0.653 bits per heavy atom. The molecule has 1 N–H and O–H groups in total. The van der Waals surface area contributed by atoms with E-state index in [1.807, 2.05) is 72.8 Å². The third kappa shape index (κ3) is 8.17. The fourth-order valence-corrected chi connectivity index (χ4v) is 5.24. The summed E-state index contributed by atoms with van der Waals surface area (Å²) in [6.07, 6.45) is 8.98. The van der Waals surface area contributed by atoms with Crippen molar-refractivity contribution in [3.63, 3.8) is 0 Å². The largest absolute Gasteiger partial charge is 0.492 e. The number of hydrogen-bond acceptors (Lipinski definition) is 9. The van der Waals surface area contributed by atoms with Gasteiger partial charge in [-0.05, 0) is 91.6 Å². The highest BCUT2D eigenvalue weighted by Gasteiger charge is 2.20. The Hall–Kier alpha value is -6.29. The highest BCUT2D eigenvalue weighted by atomic mass is 16.5. The van der Waals surface area contributed by atoms with Gasteiger partial charge in [0.2, 0.25) is 0 Å². The molecule has 0 bridgehead atoms. The minimum absolute atomic E-state index is 0.180. The summed E-state index contributed by atoms with van der Waals surface area (Å²) in [7, 11) is 1.35. The van der Waals surface area contributed by atoms with Crippen molar-refractivity contribution in [2.75, 3.05) is 20.3 Å². The van der Waals surface area contributed by atoms with Gasteiger partial charge in [0.15, 0.2) is 0 Å². The summed E-state index contributed by atoms with van der Waals surface area (Å²) in [4.78, 5) is 48.1. The molecule has 0 spiro atoms. The predicted octanol–water partition coefficient (Wildman–Crippen LogP) is 7.10. The number of nitrogens with one attached hydrogen (secondary N) is 1. The van der Waals surface area contributed by atoms with Crippen molar-refractivity contribution in [3.05, 3.63) is 133 Å². The second-order valence-corrected chi connectivity index (χ2v) is 11.0. The number of nitrogens with zero attached hydrogens (tertiary/aromatic N) is 5. The van der Waals surface area contributed by atoms with Crippen LogP contribution in [0.1, 0.15) is 40.0 Å². The molecule has 5 heterocycles. The molecule has 0 atom stereocenters. The van der Waals surface area contributed by atoms with E-state index in [0.29, 0.717) is 64.9 Å². The van der Waals surface area contributed by atoms with E-state index in [2.05, 4.69) is 25.3 Å². The van der Waals surface area contributed by atoms with Gasteiger partial charge in [0.05, 0.1) is 53.4 Å². The summed E-state index contributed by atoms with van der Waals surface area (Å²) in [6, 6.07) is 29.8. The standard InChI is InChI=1S/C39H34N6O4/c1-48-39(47)30-13-11-12-29(28-24-35(32-15-4-8-20-41-32)45-36(25-28)33-16-5-9-21-42-33)37(30)49-23-10-2-6-22-43-38(46)27-17-18-34(44-26-27)31-14-3-7-19-40-31/h3-5,7-9,11-21,24-26H,2,6,10,22-23H2,1H3,(H,43,46). The number of esters is 1. The molecule has 0 fully saturated rings. The molecule has 1 amide bonds. The van der Waals surface area contributed by atoms with Crippen LogP contribution < -0.4 is 10.1 Å². The highest BCUT2D eigenvalue weighted by Crippen LogP contribution is 2.37. The van der Waals surface area contributed by atoms with E-state index < -0.39 is 5.97 Å². The SMILES string of the molecule is COC(=O)c1cccc(-c2cc(-c3ccccn3)nc(-c3ccccn3)c2)c1OCCCCCNC(=O)c1ccc(-c2ccccn2)nc1. The number of hydrogen-bond donors (Lipinski definition) is 1. The summed E-state index contributed by atoms with van der Waals surface area (Å²) in [5.41, 5.74) is 6.52. The lowest BCUT2D eigenvalue weighted by Gasteiger charge is -2.16. The van der Waals surface area contributed by atoms with E-state index in [1.165, 1.54) is 7.11 Å². The average Bonchev–Trinajstić information content (AvgIpc) is 3.18. The Kier molecular flexibility index (Phi) is 10.7. The molecule has 1 aromatic carbocycles. The molecular formula is C39H34N6O4. The van der Waals surface area contributed by atoms with Crippen LogP contribution in [0.5, 0.6) is 5.75 Å². The first-order valence-electron chi connectivity index (χ1n) is 16.0. The summed E-state index contributed by atoms with van der Waals surface area (Å²) in [5.74, 6) is -0.249. The molecule has 5 aromatic heterocycles. The molecule has 244 valence electrons. The van der Waals surface area contributed by atoms with Crippen LogP contribution in [0.25, 0.3) is 45.3 Å². The molecule has 0 radical (unpaired) electrons. The number of unbranched alkanes of at least 4 members (excludes halogenated alkanes) is 2. The van der Waals surface area contributed by atoms with Crippen LogP contribution in [-0.2, 0) is 4.74 Å². The number of carbonyl (C=O) groups is 2. The summed E-state index contributed by atoms with van der Waals surface area (Å²) in [5, 5.41) is 2.95. The first-order chi connectivity index (χ1) is 24.1. The van der Waals surface area contributed by atoms with Crippen molar-refractivity contribution in [1.82, 2.24) is 30.2 Å². The van der Waals surface area contributed by atoms with Gasteiger partial charge in [-0.25, -0.2) is 9.78 Å². The molecule has 0 unspecified atom stereocenters. The van der Waals surface area contributed by atoms with Crippen molar-refractivity contribution < 1.29 is 19.1 Å². The Balaban J connectivity index is 1.12. The number of amides is 1. The van der Waals surface area contributed by atoms with Crippen LogP contribution in [0.15, 0.2) is 122 Å². The molecule has 6 rings (SSSR count). The normalized spacial score (nSPS) is 10.7. The first-order valence-corrected chi connectivity index (χ1v) is 16.0. The zero-order valence-corrected chi connectivity index (χ0v) is 27.0. The monoisotopic (exact) mass is 650 g/mol. The van der Waals surface area contributed by atoms with E-state index >= 15 is 0 Å². The zero-order chi connectivity index (χ0) is 33.8. The number of methoxy groups -OCH3 is 1. The minimum atomic E-state index is -0.494. The lowest BCUT2D eigenvalue weighted by molar-refractivity contribution is 0.0596. The number of carbonyl (C=O) groups excluding carboxylic acids is 2. The molecule has 0 saturated heterocycles. The predicted molar refractivity (Wildman–Crippen MR) is 187 cm³/mol. The van der Waals surface area contributed by atoms with Gasteiger partial charge in [0.25, 0.3) is 5.91 Å². The number of ether oxygens (including phenoxy) is 2. The molecule has 49 heavy (non-hydrogen) atoms. The van der Waals surface area contributed by atoms with Gasteiger partial charge in [-0.1, -0.05) is 30.3 Å². The number of para-hydroxylation sites is 1. The van der Waals surface area contributed by atoms with Crippen LogP contribution in [-0.4, -0.2) is 57.1 Å². The summed E-state index contributed by atoms with van der Waals surface area (Å²) in [6.45, 7) is 0.869. The molecule has 0 aliphatic carbocycles. The zero-order valence-electron chi connectivity index (χ0n) is 27.0. The van der Waals surface area contributed by atoms with Gasteiger partial charge in [-0.3, -0.25) is 24.7 Å². The van der Waals surface area contributed by atoms with Crippen molar-refractivity contribution in [1.29, 1.82) is 0 Å². The first kappa shape index (κ1) is 32.6. The van der Waals surface area contributed by atoms with Gasteiger partial charge in [-0.2, -0.15) is 0 Å². The van der Waals surface area contributed by atoms with Gasteiger partial charge in [0, 0.05) is 36.9 Å². The van der Waals surface area contributed by atoms with Crippen LogP contribution in [0.3, 0.4) is 0 Å². The average molecular weight is 651 g/mol. The van der Waals surface area contributed by atoms with E-state index in [9.17, 15) is 9.59 Å². The minimum Gasteiger partial charge on any atom is -0.492 e. The molecule has 0 aliphatic rings. The molecule has 0 aliphatic heterocycles. The lowest BCUT2D eigenvalue weighted by atomic mass is 9.99. The number of benzene rings is 1. The molecule has 10 nitrogen and oxygen atoms in total. The smallest absolute Gasteiger partial charge is 0.341 e. The molecular weight excluding hydrogens is 616 g/mol. The van der Waals surface area contributed by atoms with Crippen LogP contribution >= 0.6 is 0 Å². The molecule has 0 saturated carbocycles. The van der Waals surface area contributed by atoms with Gasteiger partial charge < -0.3 is 14.8 Å². The maximum Gasteiger partial charge on any atom is 0.341 e. The third-order valence-electron chi connectivity index (χ3n) is 7.72. The Labute approximate surface area is 284 Å². The fourth-order valence-electron chi connectivity index (χ4n) is 5.24. The second-order valence-electron chi connectivity index (χ2n) is 11.0. The second kappa shape index (κ2) is 16.0. The van der Waals surface area contributed by atoms with Crippen molar-refractivity contribution in [2.45, 2.75) is 19.3 Å². The van der Waals surface area contributed by atoms with Crippen LogP contribution in [0, 0.1) is 0 Å². The van der Waals surface area contributed by atoms with Gasteiger partial charge >= 0.3 is 5.97 Å². The Morgan fingerprint density at radius 3 is 1.86 bits per heavy atom. The van der Waals surface area contributed by atoms with E-state index in [0.717, 1.165) is 29.7 Å². The van der Waals surface area contributed by atoms with E-state index in [-0.39, 0.29) is 5.91 Å². The molecule has 10 heteroatoms.